The lowest BCUT2D eigenvalue weighted by atomic mass is 9.62. The van der Waals surface area contributed by atoms with Crippen LogP contribution in [-0.4, -0.2) is 93.1 Å². The standard InChI is InChI=1S/C31H51N3O5/c1-10-14-22(8)33(17-13-4)29(38)26-31-18-21(7)30(9,39-31)24(27(36)32(15-11-2)16-12-3)25(31)28(37)34(26)23(19-35)20(5)6/h11,13,20-26,35H,2,4,10,12,14-19H2,1,3,5-9H3/t21?,22?,23-,24+,25-,26?,30-,31?/m0/s1. The van der Waals surface area contributed by atoms with Crippen LogP contribution in [0.3, 0.4) is 0 Å². The molecule has 0 aliphatic carbocycles. The van der Waals surface area contributed by atoms with E-state index < -0.39 is 35.1 Å². The number of amides is 3. The van der Waals surface area contributed by atoms with Crippen LogP contribution in [-0.2, 0) is 19.1 Å². The Bertz CT molecular complexity index is 953. The van der Waals surface area contributed by atoms with Gasteiger partial charge in [-0.3, -0.25) is 14.4 Å². The molecule has 39 heavy (non-hydrogen) atoms. The summed E-state index contributed by atoms with van der Waals surface area (Å²) in [6.07, 6.45) is 6.43. The highest BCUT2D eigenvalue weighted by Gasteiger charge is 2.80. The smallest absolute Gasteiger partial charge is 0.248 e. The van der Waals surface area contributed by atoms with Crippen LogP contribution >= 0.6 is 0 Å². The zero-order chi connectivity index (χ0) is 29.3. The molecule has 0 radical (unpaired) electrons. The van der Waals surface area contributed by atoms with Crippen LogP contribution in [0.4, 0.5) is 0 Å². The van der Waals surface area contributed by atoms with Gasteiger partial charge in [0.05, 0.1) is 30.1 Å². The first-order valence-electron chi connectivity index (χ1n) is 14.9. The van der Waals surface area contributed by atoms with Crippen molar-refractivity contribution < 1.29 is 24.2 Å². The Hall–Kier alpha value is -2.19. The number of carbonyl (C=O) groups excluding carboxylic acids is 3. The summed E-state index contributed by atoms with van der Waals surface area (Å²) in [5, 5.41) is 10.5. The highest BCUT2D eigenvalue weighted by atomic mass is 16.5. The number of hydrogen-bond donors (Lipinski definition) is 1. The molecule has 4 unspecified atom stereocenters. The second-order valence-corrected chi connectivity index (χ2v) is 12.4. The van der Waals surface area contributed by atoms with Gasteiger partial charge in [-0.2, -0.15) is 0 Å². The fourth-order valence-corrected chi connectivity index (χ4v) is 7.58. The van der Waals surface area contributed by atoms with Gasteiger partial charge in [0.2, 0.25) is 17.7 Å². The maximum atomic E-state index is 14.6. The number of aliphatic hydroxyl groups is 1. The second kappa shape index (κ2) is 12.1. The van der Waals surface area contributed by atoms with Gasteiger partial charge >= 0.3 is 0 Å². The van der Waals surface area contributed by atoms with E-state index in [0.29, 0.717) is 26.1 Å². The Morgan fingerprint density at radius 3 is 2.31 bits per heavy atom. The summed E-state index contributed by atoms with van der Waals surface area (Å²) in [4.78, 5) is 48.5. The molecule has 8 heteroatoms. The first kappa shape index (κ1) is 31.3. The maximum Gasteiger partial charge on any atom is 0.248 e. The number of hydrogen-bond acceptors (Lipinski definition) is 5. The maximum absolute atomic E-state index is 14.6. The van der Waals surface area contributed by atoms with Crippen molar-refractivity contribution in [3.8, 4) is 0 Å². The van der Waals surface area contributed by atoms with Gasteiger partial charge in [-0.25, -0.2) is 0 Å². The predicted octanol–water partition coefficient (Wildman–Crippen LogP) is 3.64. The molecule has 3 fully saturated rings. The van der Waals surface area contributed by atoms with Crippen molar-refractivity contribution in [3.05, 3.63) is 25.3 Å². The topological polar surface area (TPSA) is 90.4 Å². The molecule has 0 aromatic carbocycles. The molecule has 0 saturated carbocycles. The number of likely N-dealkylation sites (tertiary alicyclic amines) is 1. The van der Waals surface area contributed by atoms with Crippen molar-refractivity contribution in [1.29, 1.82) is 0 Å². The van der Waals surface area contributed by atoms with E-state index in [-0.39, 0.29) is 42.2 Å². The lowest BCUT2D eigenvalue weighted by Gasteiger charge is -2.42. The fourth-order valence-electron chi connectivity index (χ4n) is 7.58. The molecule has 3 amide bonds. The van der Waals surface area contributed by atoms with Gasteiger partial charge in [0.15, 0.2) is 0 Å². The fraction of sp³-hybridized carbons (Fsp3) is 0.774. The average Bonchev–Trinajstić information content (AvgIpc) is 3.39. The molecule has 3 aliphatic rings. The Kier molecular flexibility index (Phi) is 9.75. The Morgan fingerprint density at radius 1 is 1.15 bits per heavy atom. The van der Waals surface area contributed by atoms with E-state index in [1.807, 2.05) is 34.6 Å². The molecule has 3 heterocycles. The average molecular weight is 546 g/mol. The number of ether oxygens (including phenoxy) is 1. The van der Waals surface area contributed by atoms with Gasteiger partial charge in [-0.1, -0.05) is 53.2 Å². The van der Waals surface area contributed by atoms with Gasteiger partial charge < -0.3 is 24.5 Å². The normalized spacial score (nSPS) is 32.7. The van der Waals surface area contributed by atoms with Crippen LogP contribution in [0, 0.1) is 23.7 Å². The number of rotatable bonds is 14. The molecule has 8 nitrogen and oxygen atoms in total. The Morgan fingerprint density at radius 2 is 1.79 bits per heavy atom. The summed E-state index contributed by atoms with van der Waals surface area (Å²) in [6.45, 7) is 22.8. The van der Waals surface area contributed by atoms with Crippen LogP contribution < -0.4 is 0 Å². The van der Waals surface area contributed by atoms with E-state index >= 15 is 0 Å². The summed E-state index contributed by atoms with van der Waals surface area (Å²) < 4.78 is 6.91. The zero-order valence-corrected chi connectivity index (χ0v) is 25.2. The lowest BCUT2D eigenvalue weighted by molar-refractivity contribution is -0.159. The number of fused-ring (bicyclic) bond motifs is 1. The third kappa shape index (κ3) is 4.96. The summed E-state index contributed by atoms with van der Waals surface area (Å²) in [7, 11) is 0. The first-order valence-corrected chi connectivity index (χ1v) is 14.9. The summed E-state index contributed by atoms with van der Waals surface area (Å²) in [5.41, 5.74) is -2.01. The van der Waals surface area contributed by atoms with Crippen LogP contribution in [0.1, 0.15) is 74.1 Å². The van der Waals surface area contributed by atoms with Crippen molar-refractivity contribution in [1.82, 2.24) is 14.7 Å². The van der Waals surface area contributed by atoms with Gasteiger partial charge in [-0.05, 0) is 44.9 Å². The van der Waals surface area contributed by atoms with E-state index in [0.717, 1.165) is 19.3 Å². The number of carbonyl (C=O) groups is 3. The molecule has 3 saturated heterocycles. The third-order valence-corrected chi connectivity index (χ3v) is 9.57. The highest BCUT2D eigenvalue weighted by Crippen LogP contribution is 2.66. The van der Waals surface area contributed by atoms with Crippen LogP contribution in [0.2, 0.25) is 0 Å². The van der Waals surface area contributed by atoms with E-state index in [2.05, 4.69) is 27.0 Å². The molecule has 0 aromatic heterocycles. The van der Waals surface area contributed by atoms with Crippen LogP contribution in [0.15, 0.2) is 25.3 Å². The van der Waals surface area contributed by atoms with Gasteiger partial charge in [-0.15, -0.1) is 13.2 Å². The summed E-state index contributed by atoms with van der Waals surface area (Å²) in [5.74, 6) is -2.20. The van der Waals surface area contributed by atoms with E-state index in [1.54, 1.807) is 26.9 Å². The minimum absolute atomic E-state index is 0.0366. The molecule has 8 atom stereocenters. The van der Waals surface area contributed by atoms with E-state index in [4.69, 9.17) is 4.74 Å². The van der Waals surface area contributed by atoms with Crippen molar-refractivity contribution >= 4 is 17.7 Å². The van der Waals surface area contributed by atoms with Crippen molar-refractivity contribution in [3.63, 3.8) is 0 Å². The monoisotopic (exact) mass is 545 g/mol. The second-order valence-electron chi connectivity index (χ2n) is 12.4. The van der Waals surface area contributed by atoms with Crippen LogP contribution in [0.25, 0.3) is 0 Å². The third-order valence-electron chi connectivity index (χ3n) is 9.57. The molecule has 1 spiro atoms. The Labute approximate surface area is 235 Å². The minimum Gasteiger partial charge on any atom is -0.394 e. The molecule has 1 N–H and O–H groups in total. The van der Waals surface area contributed by atoms with Crippen LogP contribution in [0.5, 0.6) is 0 Å². The molecule has 3 rings (SSSR count). The molecule has 220 valence electrons. The molecular weight excluding hydrogens is 494 g/mol. The largest absolute Gasteiger partial charge is 0.394 e. The van der Waals surface area contributed by atoms with Gasteiger partial charge in [0.1, 0.15) is 11.6 Å². The zero-order valence-electron chi connectivity index (χ0n) is 25.2. The Balaban J connectivity index is 2.21. The van der Waals surface area contributed by atoms with Gasteiger partial charge in [0.25, 0.3) is 0 Å². The molecule has 3 aliphatic heterocycles. The van der Waals surface area contributed by atoms with Crippen molar-refractivity contribution in [2.75, 3.05) is 26.2 Å². The summed E-state index contributed by atoms with van der Waals surface area (Å²) >= 11 is 0. The number of nitrogens with zero attached hydrogens (tertiary/aromatic N) is 3. The lowest BCUT2D eigenvalue weighted by Crippen LogP contribution is -2.60. The summed E-state index contributed by atoms with van der Waals surface area (Å²) in [6, 6.07) is -1.55. The number of aliphatic hydroxyl groups excluding tert-OH is 1. The van der Waals surface area contributed by atoms with E-state index in [1.165, 1.54) is 0 Å². The molecular formula is C31H51N3O5. The molecule has 2 bridgehead atoms. The first-order chi connectivity index (χ1) is 18.4. The highest BCUT2D eigenvalue weighted by molar-refractivity contribution is 5.99. The molecule has 0 aromatic rings. The predicted molar refractivity (Wildman–Crippen MR) is 153 cm³/mol. The quantitative estimate of drug-likeness (QED) is 0.337. The van der Waals surface area contributed by atoms with E-state index in [9.17, 15) is 19.5 Å². The SMILES string of the molecule is C=CCN(CCC)C(=O)[C@H]1[C@H]2C(=O)N([C@@H](CO)C(C)C)C(C(=O)N(CC=C)C(C)CCC)C23CC(C)[C@]1(C)O3. The van der Waals surface area contributed by atoms with Gasteiger partial charge in [0, 0.05) is 25.7 Å². The van der Waals surface area contributed by atoms with Crippen molar-refractivity contribution in [2.45, 2.75) is 103 Å². The minimum atomic E-state index is -1.14. The van der Waals surface area contributed by atoms with Crippen molar-refractivity contribution in [2.24, 2.45) is 23.7 Å².